The third kappa shape index (κ3) is 3.30. The minimum Gasteiger partial charge on any atom is -0.488 e. The van der Waals surface area contributed by atoms with Crippen LogP contribution >= 0.6 is 0 Å². The van der Waals surface area contributed by atoms with E-state index in [4.69, 9.17) is 4.74 Å². The first kappa shape index (κ1) is 18.7. The Morgan fingerprint density at radius 3 is 2.47 bits per heavy atom. The van der Waals surface area contributed by atoms with Crippen molar-refractivity contribution in [3.05, 3.63) is 60.0 Å². The van der Waals surface area contributed by atoms with Gasteiger partial charge >= 0.3 is 0 Å². The minimum absolute atomic E-state index is 0.198. The Morgan fingerprint density at radius 2 is 1.77 bits per heavy atom. The first-order valence-electron chi connectivity index (χ1n) is 10.5. The SMILES string of the molecule is N#Cc1cnc2c(OC3CCC3)cccc2c1N1CCN(c2ccccc2F)CC1. The van der Waals surface area contributed by atoms with Crippen LogP contribution in [0.15, 0.2) is 48.7 Å². The van der Waals surface area contributed by atoms with Crippen LogP contribution in [0.25, 0.3) is 10.9 Å². The summed E-state index contributed by atoms with van der Waals surface area (Å²) in [4.78, 5) is 8.84. The van der Waals surface area contributed by atoms with E-state index in [0.29, 0.717) is 37.4 Å². The Balaban J connectivity index is 1.46. The van der Waals surface area contributed by atoms with Crippen molar-refractivity contribution in [1.82, 2.24) is 4.98 Å². The number of halogens is 1. The summed E-state index contributed by atoms with van der Waals surface area (Å²) in [5, 5.41) is 10.7. The summed E-state index contributed by atoms with van der Waals surface area (Å²) in [6.07, 6.45) is 5.28. The monoisotopic (exact) mass is 402 g/mol. The molecule has 0 spiro atoms. The average molecular weight is 402 g/mol. The molecule has 0 amide bonds. The number of piperazine rings is 1. The zero-order chi connectivity index (χ0) is 20.5. The molecule has 1 saturated carbocycles. The number of hydrogen-bond donors (Lipinski definition) is 0. The molecule has 2 fully saturated rings. The van der Waals surface area contributed by atoms with Crippen LogP contribution < -0.4 is 14.5 Å². The van der Waals surface area contributed by atoms with Crippen LogP contribution in [0.2, 0.25) is 0 Å². The van der Waals surface area contributed by atoms with Crippen LogP contribution in [0.1, 0.15) is 24.8 Å². The molecule has 0 atom stereocenters. The molecular formula is C24H23FN4O. The summed E-state index contributed by atoms with van der Waals surface area (Å²) >= 11 is 0. The number of aromatic nitrogens is 1. The number of pyridine rings is 1. The summed E-state index contributed by atoms with van der Waals surface area (Å²) < 4.78 is 20.3. The van der Waals surface area contributed by atoms with E-state index in [2.05, 4.69) is 20.9 Å². The first-order chi connectivity index (χ1) is 14.7. The van der Waals surface area contributed by atoms with Gasteiger partial charge in [0.25, 0.3) is 0 Å². The Bertz CT molecular complexity index is 1110. The summed E-state index contributed by atoms with van der Waals surface area (Å²) in [6, 6.07) is 15.1. The molecule has 30 heavy (non-hydrogen) atoms. The largest absolute Gasteiger partial charge is 0.488 e. The highest BCUT2D eigenvalue weighted by molar-refractivity contribution is 5.97. The lowest BCUT2D eigenvalue weighted by atomic mass is 9.96. The number of anilines is 2. The highest BCUT2D eigenvalue weighted by atomic mass is 19.1. The molecule has 2 aliphatic rings. The summed E-state index contributed by atoms with van der Waals surface area (Å²) in [5.74, 6) is 0.587. The van der Waals surface area contributed by atoms with Gasteiger partial charge in [-0.25, -0.2) is 4.39 Å². The lowest BCUT2D eigenvalue weighted by Gasteiger charge is -2.38. The van der Waals surface area contributed by atoms with Crippen molar-refractivity contribution >= 4 is 22.3 Å². The molecule has 5 nitrogen and oxygen atoms in total. The number of para-hydroxylation sites is 2. The summed E-state index contributed by atoms with van der Waals surface area (Å²) in [5.41, 5.74) is 2.89. The molecular weight excluding hydrogens is 379 g/mol. The number of nitrogens with zero attached hydrogens (tertiary/aromatic N) is 4. The smallest absolute Gasteiger partial charge is 0.146 e. The second kappa shape index (κ2) is 7.83. The van der Waals surface area contributed by atoms with Gasteiger partial charge in [-0.1, -0.05) is 24.3 Å². The van der Waals surface area contributed by atoms with Gasteiger partial charge in [-0.05, 0) is 37.5 Å². The third-order valence-corrected chi connectivity index (χ3v) is 6.09. The van der Waals surface area contributed by atoms with E-state index in [9.17, 15) is 9.65 Å². The molecule has 1 saturated heterocycles. The van der Waals surface area contributed by atoms with E-state index in [1.807, 2.05) is 30.3 Å². The number of fused-ring (bicyclic) bond motifs is 1. The van der Waals surface area contributed by atoms with E-state index >= 15 is 0 Å². The molecule has 1 aromatic heterocycles. The molecule has 2 heterocycles. The molecule has 152 valence electrons. The maximum absolute atomic E-state index is 14.2. The van der Waals surface area contributed by atoms with Crippen molar-refractivity contribution in [2.45, 2.75) is 25.4 Å². The number of ether oxygens (including phenoxy) is 1. The van der Waals surface area contributed by atoms with Gasteiger partial charge in [-0.15, -0.1) is 0 Å². The van der Waals surface area contributed by atoms with Crippen LogP contribution in [0.5, 0.6) is 5.75 Å². The number of nitriles is 1. The van der Waals surface area contributed by atoms with Crippen molar-refractivity contribution in [2.24, 2.45) is 0 Å². The van der Waals surface area contributed by atoms with Crippen molar-refractivity contribution in [3.8, 4) is 11.8 Å². The van der Waals surface area contributed by atoms with Crippen LogP contribution in [-0.4, -0.2) is 37.3 Å². The molecule has 2 aromatic carbocycles. The zero-order valence-electron chi connectivity index (χ0n) is 16.7. The predicted octanol–water partition coefficient (Wildman–Crippen LogP) is 4.50. The van der Waals surface area contributed by atoms with Crippen LogP contribution in [0, 0.1) is 17.1 Å². The lowest BCUT2D eigenvalue weighted by Crippen LogP contribution is -2.47. The fourth-order valence-corrected chi connectivity index (χ4v) is 4.25. The quantitative estimate of drug-likeness (QED) is 0.643. The lowest BCUT2D eigenvalue weighted by molar-refractivity contribution is 0.122. The van der Waals surface area contributed by atoms with Gasteiger partial charge in [-0.3, -0.25) is 4.98 Å². The highest BCUT2D eigenvalue weighted by Gasteiger charge is 2.25. The van der Waals surface area contributed by atoms with Gasteiger partial charge in [0.05, 0.1) is 23.0 Å². The van der Waals surface area contributed by atoms with E-state index in [-0.39, 0.29) is 11.9 Å². The second-order valence-electron chi connectivity index (χ2n) is 7.88. The first-order valence-corrected chi connectivity index (χ1v) is 10.5. The topological polar surface area (TPSA) is 52.4 Å². The van der Waals surface area contributed by atoms with Gasteiger partial charge in [0.2, 0.25) is 0 Å². The molecule has 0 radical (unpaired) electrons. The molecule has 1 aliphatic heterocycles. The van der Waals surface area contributed by atoms with Gasteiger partial charge in [-0.2, -0.15) is 5.26 Å². The molecule has 1 aliphatic carbocycles. The van der Waals surface area contributed by atoms with Crippen LogP contribution in [0.4, 0.5) is 15.8 Å². The fraction of sp³-hybridized carbons (Fsp3) is 0.333. The maximum Gasteiger partial charge on any atom is 0.146 e. The van der Waals surface area contributed by atoms with E-state index < -0.39 is 0 Å². The third-order valence-electron chi connectivity index (χ3n) is 6.09. The van der Waals surface area contributed by atoms with Crippen LogP contribution in [-0.2, 0) is 0 Å². The van der Waals surface area contributed by atoms with Crippen molar-refractivity contribution < 1.29 is 9.13 Å². The fourth-order valence-electron chi connectivity index (χ4n) is 4.25. The Hall–Kier alpha value is -3.33. The standard InChI is InChI=1S/C24H23FN4O/c25-20-8-1-2-9-21(20)28-11-13-29(14-12-28)24-17(15-26)16-27-23-19(24)7-4-10-22(23)30-18-5-3-6-18/h1-2,4,7-10,16,18H,3,5-6,11-14H2. The molecule has 5 rings (SSSR count). The van der Waals surface area contributed by atoms with E-state index in [1.165, 1.54) is 12.5 Å². The van der Waals surface area contributed by atoms with E-state index in [0.717, 1.165) is 35.2 Å². The van der Waals surface area contributed by atoms with Crippen molar-refractivity contribution in [3.63, 3.8) is 0 Å². The molecule has 0 bridgehead atoms. The molecule has 0 unspecified atom stereocenters. The maximum atomic E-state index is 14.2. The normalized spacial score (nSPS) is 16.9. The van der Waals surface area contributed by atoms with Gasteiger partial charge in [0.1, 0.15) is 23.2 Å². The molecule has 0 N–H and O–H groups in total. The van der Waals surface area contributed by atoms with Crippen LogP contribution in [0.3, 0.4) is 0 Å². The number of hydrogen-bond acceptors (Lipinski definition) is 5. The van der Waals surface area contributed by atoms with Gasteiger partial charge in [0.15, 0.2) is 0 Å². The molecule has 3 aromatic rings. The molecule has 6 heteroatoms. The minimum atomic E-state index is -0.198. The average Bonchev–Trinajstić information content (AvgIpc) is 2.76. The number of rotatable bonds is 4. The van der Waals surface area contributed by atoms with Crippen molar-refractivity contribution in [2.75, 3.05) is 36.0 Å². The predicted molar refractivity (Wildman–Crippen MR) is 116 cm³/mol. The number of benzene rings is 2. The van der Waals surface area contributed by atoms with E-state index in [1.54, 1.807) is 12.3 Å². The highest BCUT2D eigenvalue weighted by Crippen LogP contribution is 2.36. The summed E-state index contributed by atoms with van der Waals surface area (Å²) in [6.45, 7) is 2.79. The zero-order valence-corrected chi connectivity index (χ0v) is 16.7. The summed E-state index contributed by atoms with van der Waals surface area (Å²) in [7, 11) is 0. The Morgan fingerprint density at radius 1 is 1.00 bits per heavy atom. The van der Waals surface area contributed by atoms with Gasteiger partial charge in [0, 0.05) is 37.8 Å². The Labute approximate surface area is 175 Å². The van der Waals surface area contributed by atoms with Crippen molar-refractivity contribution in [1.29, 1.82) is 5.26 Å². The van der Waals surface area contributed by atoms with Gasteiger partial charge < -0.3 is 14.5 Å². The Kier molecular flexibility index (Phi) is 4.88. The second-order valence-corrected chi connectivity index (χ2v) is 7.88.